The molecule has 1 atom stereocenters. The highest BCUT2D eigenvalue weighted by molar-refractivity contribution is 9.10. The van der Waals surface area contributed by atoms with Crippen molar-refractivity contribution < 1.29 is 9.59 Å². The molecule has 1 fully saturated rings. The van der Waals surface area contributed by atoms with Crippen LogP contribution in [0.2, 0.25) is 0 Å². The molecule has 0 spiro atoms. The number of hydrogen-bond donors (Lipinski definition) is 2. The van der Waals surface area contributed by atoms with Gasteiger partial charge in [0.25, 0.3) is 0 Å². The summed E-state index contributed by atoms with van der Waals surface area (Å²) in [5.41, 5.74) is 0.795. The SMILES string of the molecule is O=C(NCCNc1ccc(-n2cccn2)nn1)C1CC(=O)N(c2cccc(Br)c2)C1. The summed E-state index contributed by atoms with van der Waals surface area (Å²) in [6.07, 6.45) is 3.68. The van der Waals surface area contributed by atoms with E-state index in [0.717, 1.165) is 10.2 Å². The van der Waals surface area contributed by atoms with Gasteiger partial charge in [0, 0.05) is 48.6 Å². The van der Waals surface area contributed by atoms with E-state index in [2.05, 4.69) is 41.9 Å². The fraction of sp³-hybridized carbons (Fsp3) is 0.250. The zero-order valence-electron chi connectivity index (χ0n) is 16.0. The molecule has 2 amide bonds. The Balaban J connectivity index is 1.23. The lowest BCUT2D eigenvalue weighted by Gasteiger charge is -2.17. The molecule has 1 aromatic carbocycles. The van der Waals surface area contributed by atoms with Gasteiger partial charge in [0.05, 0.1) is 5.92 Å². The summed E-state index contributed by atoms with van der Waals surface area (Å²) in [5.74, 6) is 0.711. The maximum Gasteiger partial charge on any atom is 0.227 e. The molecule has 0 saturated carbocycles. The van der Waals surface area contributed by atoms with Crippen molar-refractivity contribution in [2.24, 2.45) is 5.92 Å². The smallest absolute Gasteiger partial charge is 0.227 e. The van der Waals surface area contributed by atoms with Gasteiger partial charge in [-0.15, -0.1) is 10.2 Å². The summed E-state index contributed by atoms with van der Waals surface area (Å²) >= 11 is 3.41. The van der Waals surface area contributed by atoms with E-state index < -0.39 is 0 Å². The molecular formula is C20H20BrN7O2. The average molecular weight is 470 g/mol. The highest BCUT2D eigenvalue weighted by Gasteiger charge is 2.34. The van der Waals surface area contributed by atoms with Crippen molar-refractivity contribution in [1.29, 1.82) is 0 Å². The molecule has 10 heteroatoms. The standard InChI is InChI=1S/C20H20BrN7O2/c21-15-3-1-4-16(12-15)27-13-14(11-19(27)29)20(30)23-9-8-22-17-5-6-18(26-25-17)28-10-2-7-24-28/h1-7,10,12,14H,8-9,11,13H2,(H,22,25)(H,23,30). The number of hydrogen-bond acceptors (Lipinski definition) is 6. The first-order chi connectivity index (χ1) is 14.6. The van der Waals surface area contributed by atoms with Crippen molar-refractivity contribution in [1.82, 2.24) is 25.3 Å². The van der Waals surface area contributed by atoms with Crippen LogP contribution in [0.4, 0.5) is 11.5 Å². The predicted molar refractivity (Wildman–Crippen MR) is 115 cm³/mol. The second kappa shape index (κ2) is 9.04. The number of nitrogens with one attached hydrogen (secondary N) is 2. The Morgan fingerprint density at radius 2 is 2.07 bits per heavy atom. The molecule has 30 heavy (non-hydrogen) atoms. The van der Waals surface area contributed by atoms with Crippen LogP contribution in [0.1, 0.15) is 6.42 Å². The van der Waals surface area contributed by atoms with Gasteiger partial charge in [-0.25, -0.2) is 4.68 Å². The molecule has 3 aromatic rings. The maximum atomic E-state index is 12.5. The zero-order chi connectivity index (χ0) is 20.9. The Bertz CT molecular complexity index is 1020. The van der Waals surface area contributed by atoms with E-state index in [-0.39, 0.29) is 24.2 Å². The van der Waals surface area contributed by atoms with Crippen LogP contribution in [0.25, 0.3) is 5.82 Å². The number of amides is 2. The Morgan fingerprint density at radius 1 is 1.17 bits per heavy atom. The number of carbonyl (C=O) groups is 2. The molecule has 0 bridgehead atoms. The molecule has 1 unspecified atom stereocenters. The Hall–Kier alpha value is -3.27. The van der Waals surface area contributed by atoms with Crippen LogP contribution < -0.4 is 15.5 Å². The molecule has 154 valence electrons. The molecule has 9 nitrogen and oxygen atoms in total. The average Bonchev–Trinajstić information content (AvgIpc) is 3.42. The molecule has 1 saturated heterocycles. The molecule has 0 aliphatic carbocycles. The number of rotatable bonds is 7. The first-order valence-corrected chi connectivity index (χ1v) is 10.3. The van der Waals surface area contributed by atoms with Crippen LogP contribution in [0.15, 0.2) is 59.3 Å². The van der Waals surface area contributed by atoms with Crippen LogP contribution in [0.3, 0.4) is 0 Å². The number of anilines is 2. The van der Waals surface area contributed by atoms with Gasteiger partial charge in [-0.3, -0.25) is 9.59 Å². The molecule has 1 aliphatic rings. The Kier molecular flexibility index (Phi) is 6.03. The van der Waals surface area contributed by atoms with Gasteiger partial charge in [0.15, 0.2) is 5.82 Å². The van der Waals surface area contributed by atoms with Gasteiger partial charge in [-0.1, -0.05) is 22.0 Å². The number of halogens is 1. The lowest BCUT2D eigenvalue weighted by molar-refractivity contribution is -0.126. The van der Waals surface area contributed by atoms with E-state index in [1.807, 2.05) is 36.4 Å². The number of benzene rings is 1. The minimum atomic E-state index is -0.357. The quantitative estimate of drug-likeness (QED) is 0.512. The van der Waals surface area contributed by atoms with Crippen molar-refractivity contribution in [2.75, 3.05) is 29.9 Å². The van der Waals surface area contributed by atoms with Crippen molar-refractivity contribution in [3.8, 4) is 5.82 Å². The van der Waals surface area contributed by atoms with E-state index in [4.69, 9.17) is 0 Å². The summed E-state index contributed by atoms with van der Waals surface area (Å²) in [4.78, 5) is 26.4. The van der Waals surface area contributed by atoms with Crippen molar-refractivity contribution in [2.45, 2.75) is 6.42 Å². The van der Waals surface area contributed by atoms with Gasteiger partial charge in [0.1, 0.15) is 5.82 Å². The third-order valence-electron chi connectivity index (χ3n) is 4.74. The second-order valence-corrected chi connectivity index (χ2v) is 7.75. The van der Waals surface area contributed by atoms with Crippen LogP contribution in [0.5, 0.6) is 0 Å². The van der Waals surface area contributed by atoms with Gasteiger partial charge >= 0.3 is 0 Å². The molecule has 2 N–H and O–H groups in total. The summed E-state index contributed by atoms with van der Waals surface area (Å²) < 4.78 is 2.52. The third kappa shape index (κ3) is 4.65. The van der Waals surface area contributed by atoms with Crippen LogP contribution in [0, 0.1) is 5.92 Å². The number of carbonyl (C=O) groups excluding carboxylic acids is 2. The van der Waals surface area contributed by atoms with Gasteiger partial charge in [-0.2, -0.15) is 5.10 Å². The summed E-state index contributed by atoms with van der Waals surface area (Å²) in [6.45, 7) is 1.30. The highest BCUT2D eigenvalue weighted by atomic mass is 79.9. The summed E-state index contributed by atoms with van der Waals surface area (Å²) in [6, 6.07) is 12.9. The minimum Gasteiger partial charge on any atom is -0.367 e. The van der Waals surface area contributed by atoms with Gasteiger partial charge in [-0.05, 0) is 36.4 Å². The van der Waals surface area contributed by atoms with E-state index >= 15 is 0 Å². The number of nitrogens with zero attached hydrogens (tertiary/aromatic N) is 5. The molecule has 0 radical (unpaired) electrons. The second-order valence-electron chi connectivity index (χ2n) is 6.83. The van der Waals surface area contributed by atoms with Gasteiger partial charge in [0.2, 0.25) is 11.8 Å². The fourth-order valence-electron chi connectivity index (χ4n) is 3.24. The van der Waals surface area contributed by atoms with Crippen molar-refractivity contribution in [3.05, 3.63) is 59.3 Å². The summed E-state index contributed by atoms with van der Waals surface area (Å²) in [5, 5.41) is 18.3. The molecule has 2 aromatic heterocycles. The fourth-order valence-corrected chi connectivity index (χ4v) is 3.63. The molecule has 1 aliphatic heterocycles. The number of aromatic nitrogens is 4. The maximum absolute atomic E-state index is 12.5. The van der Waals surface area contributed by atoms with E-state index in [9.17, 15) is 9.59 Å². The monoisotopic (exact) mass is 469 g/mol. The lowest BCUT2D eigenvalue weighted by Crippen LogP contribution is -2.35. The predicted octanol–water partition coefficient (Wildman–Crippen LogP) is 2.01. The first kappa shape index (κ1) is 20.0. The molecule has 3 heterocycles. The van der Waals surface area contributed by atoms with Crippen LogP contribution in [-0.2, 0) is 9.59 Å². The Morgan fingerprint density at radius 3 is 2.80 bits per heavy atom. The van der Waals surface area contributed by atoms with E-state index in [1.54, 1.807) is 28.0 Å². The van der Waals surface area contributed by atoms with E-state index in [0.29, 0.717) is 31.3 Å². The van der Waals surface area contributed by atoms with Crippen LogP contribution >= 0.6 is 15.9 Å². The highest BCUT2D eigenvalue weighted by Crippen LogP contribution is 2.27. The zero-order valence-corrected chi connectivity index (χ0v) is 17.6. The largest absolute Gasteiger partial charge is 0.367 e. The van der Waals surface area contributed by atoms with Gasteiger partial charge < -0.3 is 15.5 Å². The topological polar surface area (TPSA) is 105 Å². The van der Waals surface area contributed by atoms with Crippen LogP contribution in [-0.4, -0.2) is 51.4 Å². The summed E-state index contributed by atoms with van der Waals surface area (Å²) in [7, 11) is 0. The van der Waals surface area contributed by atoms with Crippen molar-refractivity contribution in [3.63, 3.8) is 0 Å². The normalized spacial score (nSPS) is 16.0. The molecule has 4 rings (SSSR count). The van der Waals surface area contributed by atoms with Crippen molar-refractivity contribution >= 4 is 39.2 Å². The lowest BCUT2D eigenvalue weighted by atomic mass is 10.1. The minimum absolute atomic E-state index is 0.0427. The third-order valence-corrected chi connectivity index (χ3v) is 5.23. The first-order valence-electron chi connectivity index (χ1n) is 9.51. The Labute approximate surface area is 181 Å². The van der Waals surface area contributed by atoms with E-state index in [1.165, 1.54) is 0 Å². The molecular weight excluding hydrogens is 450 g/mol.